The molecule has 0 amide bonds. The molecule has 1 aliphatic heterocycles. The number of aliphatic hydroxyl groups is 2. The highest BCUT2D eigenvalue weighted by Crippen LogP contribution is 2.47. The molecule has 1 saturated heterocycles. The zero-order valence-electron chi connectivity index (χ0n) is 20.6. The highest BCUT2D eigenvalue weighted by molar-refractivity contribution is 7.98. The van der Waals surface area contributed by atoms with Crippen LogP contribution in [-0.4, -0.2) is 83.5 Å². The summed E-state index contributed by atoms with van der Waals surface area (Å²) in [4.78, 5) is 21.9. The van der Waals surface area contributed by atoms with Crippen molar-refractivity contribution in [3.05, 3.63) is 47.1 Å². The van der Waals surface area contributed by atoms with Crippen LogP contribution in [0.25, 0.3) is 11.2 Å². The minimum Gasteiger partial charge on any atom is -0.387 e. The van der Waals surface area contributed by atoms with Crippen molar-refractivity contribution in [2.24, 2.45) is 0 Å². The van der Waals surface area contributed by atoms with Gasteiger partial charge in [-0.05, 0) is 18.4 Å². The molecule has 2 fully saturated rings. The number of benzene rings is 1. The van der Waals surface area contributed by atoms with Crippen LogP contribution < -0.4 is 5.32 Å². The van der Waals surface area contributed by atoms with E-state index in [0.717, 1.165) is 30.4 Å². The molecular weight excluding hydrogens is 573 g/mol. The Morgan fingerprint density at radius 2 is 1.85 bits per heavy atom. The number of nitrogens with zero attached hydrogens (tertiary/aromatic N) is 4. The molecule has 3 heterocycles. The van der Waals surface area contributed by atoms with Crippen LogP contribution in [0.3, 0.4) is 0 Å². The normalized spacial score (nSPS) is 25.4. The number of hydrogen-bond donors (Lipinski definition) is 5. The summed E-state index contributed by atoms with van der Waals surface area (Å²) in [5, 5.41) is 33.2. The maximum atomic E-state index is 13.2. The second-order valence-corrected chi connectivity index (χ2v) is 14.7. The van der Waals surface area contributed by atoms with E-state index in [1.807, 2.05) is 0 Å². The van der Waals surface area contributed by atoms with Gasteiger partial charge in [-0.1, -0.05) is 60.0 Å². The Labute approximate surface area is 229 Å². The predicted molar refractivity (Wildman–Crippen MR) is 142 cm³/mol. The van der Waals surface area contributed by atoms with E-state index in [-0.39, 0.29) is 16.8 Å². The second kappa shape index (κ2) is 11.0. The Kier molecular flexibility index (Phi) is 8.01. The molecule has 0 spiro atoms. The Balaban J connectivity index is 1.39. The van der Waals surface area contributed by atoms with Crippen molar-refractivity contribution in [3.8, 4) is 0 Å². The van der Waals surface area contributed by atoms with Gasteiger partial charge < -0.3 is 30.1 Å². The van der Waals surface area contributed by atoms with E-state index < -0.39 is 59.1 Å². The molecule has 1 unspecified atom stereocenters. The summed E-state index contributed by atoms with van der Waals surface area (Å²) in [6.07, 6.45) is -2.47. The number of ether oxygens (including phenoxy) is 1. The van der Waals surface area contributed by atoms with Gasteiger partial charge in [-0.2, -0.15) is 4.68 Å². The molecule has 1 saturated carbocycles. The Hall–Kier alpha value is -2.16. The van der Waals surface area contributed by atoms with Crippen molar-refractivity contribution in [1.82, 2.24) is 20.0 Å². The van der Waals surface area contributed by atoms with Crippen molar-refractivity contribution in [2.75, 3.05) is 11.1 Å². The number of anilines is 1. The molecule has 1 aliphatic carbocycles. The van der Waals surface area contributed by atoms with Gasteiger partial charge in [0.1, 0.15) is 23.5 Å². The Morgan fingerprint density at radius 3 is 2.51 bits per heavy atom. The van der Waals surface area contributed by atoms with Crippen molar-refractivity contribution in [1.29, 1.82) is 0 Å². The third kappa shape index (κ3) is 5.98. The van der Waals surface area contributed by atoms with Crippen LogP contribution in [0.5, 0.6) is 0 Å². The minimum absolute atomic E-state index is 0.129. The summed E-state index contributed by atoms with van der Waals surface area (Å²) < 4.78 is 45.5. The lowest BCUT2D eigenvalue weighted by molar-refractivity contribution is -0.0375. The fourth-order valence-electron chi connectivity index (χ4n) is 5.14. The molecule has 3 aromatic rings. The molecule has 1 aromatic carbocycles. The predicted octanol–water partition coefficient (Wildman–Crippen LogP) is 1.61. The lowest BCUT2D eigenvalue weighted by Gasteiger charge is -2.22. The van der Waals surface area contributed by atoms with E-state index in [1.165, 1.54) is 0 Å². The molecule has 5 atom stereocenters. The average Bonchev–Trinajstić information content (AvgIpc) is 3.59. The number of aliphatic hydroxyl groups excluding tert-OH is 2. The van der Waals surface area contributed by atoms with Crippen molar-refractivity contribution in [2.45, 2.75) is 67.7 Å². The first-order valence-electron chi connectivity index (χ1n) is 12.4. The van der Waals surface area contributed by atoms with E-state index in [0.29, 0.717) is 16.8 Å². The molecule has 0 bridgehead atoms. The van der Waals surface area contributed by atoms with Gasteiger partial charge in [0, 0.05) is 18.5 Å². The fraction of sp³-hybridized carbons (Fsp3) is 0.522. The monoisotopic (exact) mass is 601 g/mol. The largest absolute Gasteiger partial charge is 0.387 e. The van der Waals surface area contributed by atoms with Crippen LogP contribution in [0.4, 0.5) is 5.69 Å². The van der Waals surface area contributed by atoms with Crippen LogP contribution in [0, 0.1) is 0 Å². The summed E-state index contributed by atoms with van der Waals surface area (Å²) in [7, 11) is -9.65. The molecule has 212 valence electrons. The standard InChI is InChI=1S/C23H29ClN5O8PS/c24-17-11-15(25-14-8-4-5-9-14)19-22(26-17)29(28-27-19)23-21(31)20(30)16(37-23)12-39(35,36)18(38(32,33)34)10-13-6-2-1-3-7-13/h1-3,6-7,11,14,16,18,20-21,23,30-31H,4-5,8-10,12H2,(H,25,26)(H2,32,33,34)/t16-,18?,20-,21-,23-/m1/s1. The molecule has 13 nitrogen and oxygen atoms in total. The zero-order valence-corrected chi connectivity index (χ0v) is 23.1. The lowest BCUT2D eigenvalue weighted by atomic mass is 10.1. The van der Waals surface area contributed by atoms with Gasteiger partial charge >= 0.3 is 7.60 Å². The number of pyridine rings is 1. The number of rotatable bonds is 9. The molecule has 5 rings (SSSR count). The van der Waals surface area contributed by atoms with Crippen LogP contribution in [0.1, 0.15) is 37.5 Å². The quantitative estimate of drug-likeness (QED) is 0.176. The van der Waals surface area contributed by atoms with Gasteiger partial charge in [-0.25, -0.2) is 13.4 Å². The zero-order chi connectivity index (χ0) is 27.9. The minimum atomic E-state index is -5.12. The Morgan fingerprint density at radius 1 is 1.15 bits per heavy atom. The highest BCUT2D eigenvalue weighted by Gasteiger charge is 2.50. The van der Waals surface area contributed by atoms with Crippen molar-refractivity contribution < 1.29 is 37.7 Å². The van der Waals surface area contributed by atoms with Gasteiger partial charge in [0.05, 0.1) is 11.4 Å². The van der Waals surface area contributed by atoms with Gasteiger partial charge in [0.2, 0.25) is 0 Å². The third-order valence-electron chi connectivity index (χ3n) is 7.13. The maximum Gasteiger partial charge on any atom is 0.343 e. The van der Waals surface area contributed by atoms with Gasteiger partial charge in [0.25, 0.3) is 0 Å². The average molecular weight is 602 g/mol. The number of hydrogen-bond acceptors (Lipinski definition) is 10. The molecule has 2 aliphatic rings. The summed E-state index contributed by atoms with van der Waals surface area (Å²) in [6.45, 7) is 0. The van der Waals surface area contributed by atoms with E-state index in [1.54, 1.807) is 36.4 Å². The molecule has 0 radical (unpaired) electrons. The SMILES string of the molecule is O=P(O)(O)C(Cc1ccccc1)S(=O)(=O)C[C@H]1O[C@@H](n2nnc3c(NC4CCCC4)cc(Cl)nc32)[C@H](O)[C@@H]1O. The smallest absolute Gasteiger partial charge is 0.343 e. The van der Waals surface area contributed by atoms with E-state index in [2.05, 4.69) is 20.6 Å². The maximum absolute atomic E-state index is 13.2. The van der Waals surface area contributed by atoms with Crippen molar-refractivity contribution >= 4 is 45.9 Å². The van der Waals surface area contributed by atoms with E-state index in [9.17, 15) is 33.0 Å². The topological polar surface area (TPSA) is 197 Å². The number of nitrogens with one attached hydrogen (secondary N) is 1. The number of halogens is 1. The van der Waals surface area contributed by atoms with Crippen LogP contribution in [0.2, 0.25) is 5.15 Å². The molecule has 39 heavy (non-hydrogen) atoms. The summed E-state index contributed by atoms with van der Waals surface area (Å²) >= 11 is 6.24. The fourth-order valence-corrected chi connectivity index (χ4v) is 9.11. The summed E-state index contributed by atoms with van der Waals surface area (Å²) in [6, 6.07) is 9.91. The summed E-state index contributed by atoms with van der Waals surface area (Å²) in [5.74, 6) is -0.945. The van der Waals surface area contributed by atoms with Crippen LogP contribution in [-0.2, 0) is 25.6 Å². The van der Waals surface area contributed by atoms with Crippen molar-refractivity contribution in [3.63, 3.8) is 0 Å². The molecule has 2 aromatic heterocycles. The molecule has 5 N–H and O–H groups in total. The first-order valence-corrected chi connectivity index (χ1v) is 16.2. The molecule has 16 heteroatoms. The Bertz CT molecular complexity index is 1480. The summed E-state index contributed by atoms with van der Waals surface area (Å²) in [5.41, 5.74) is 1.52. The number of aromatic nitrogens is 4. The lowest BCUT2D eigenvalue weighted by Crippen LogP contribution is -2.38. The number of fused-ring (bicyclic) bond motifs is 1. The van der Waals surface area contributed by atoms with Gasteiger partial charge in [-0.3, -0.25) is 4.57 Å². The van der Waals surface area contributed by atoms with E-state index in [4.69, 9.17) is 16.3 Å². The number of sulfone groups is 1. The molecular formula is C23H29ClN5O8PS. The van der Waals surface area contributed by atoms with Gasteiger partial charge in [0.15, 0.2) is 32.2 Å². The van der Waals surface area contributed by atoms with E-state index >= 15 is 0 Å². The second-order valence-electron chi connectivity index (χ2n) is 9.93. The first kappa shape index (κ1) is 28.4. The van der Waals surface area contributed by atoms with Crippen LogP contribution in [0.15, 0.2) is 36.4 Å². The van der Waals surface area contributed by atoms with Gasteiger partial charge in [-0.15, -0.1) is 5.10 Å². The van der Waals surface area contributed by atoms with Crippen LogP contribution >= 0.6 is 19.2 Å². The third-order valence-corrected chi connectivity index (χ3v) is 11.8. The first-order chi connectivity index (χ1) is 18.4. The highest BCUT2D eigenvalue weighted by atomic mass is 35.5.